The van der Waals surface area contributed by atoms with Crippen LogP contribution >= 0.6 is 0 Å². The van der Waals surface area contributed by atoms with E-state index in [1.807, 2.05) is 56.0 Å². The lowest BCUT2D eigenvalue weighted by molar-refractivity contribution is -0.152. The second kappa shape index (κ2) is 7.06. The van der Waals surface area contributed by atoms with Gasteiger partial charge in [-0.15, -0.1) is 0 Å². The van der Waals surface area contributed by atoms with Gasteiger partial charge in [0, 0.05) is 12.1 Å². The third-order valence-electron chi connectivity index (χ3n) is 4.89. The van der Waals surface area contributed by atoms with Crippen molar-refractivity contribution >= 4 is 12.1 Å². The van der Waals surface area contributed by atoms with Crippen molar-refractivity contribution in [3.8, 4) is 0 Å². The molecule has 0 aliphatic carbocycles. The normalized spacial score (nSPS) is 25.6. The Hall–Kier alpha value is -2.04. The maximum Gasteiger partial charge on any atom is 0.410 e. The molecule has 136 valence electrons. The first-order valence-electron chi connectivity index (χ1n) is 9.05. The van der Waals surface area contributed by atoms with Gasteiger partial charge in [-0.1, -0.05) is 30.3 Å². The molecular weight excluding hydrogens is 318 g/mol. The molecule has 2 fully saturated rings. The van der Waals surface area contributed by atoms with Gasteiger partial charge in [0.2, 0.25) is 0 Å². The highest BCUT2D eigenvalue weighted by Crippen LogP contribution is 2.40. The van der Waals surface area contributed by atoms with Crippen molar-refractivity contribution in [1.29, 1.82) is 0 Å². The third-order valence-corrected chi connectivity index (χ3v) is 4.89. The number of hydrogen-bond acceptors (Lipinski definition) is 4. The van der Waals surface area contributed by atoms with Gasteiger partial charge in [0.05, 0.1) is 5.92 Å². The minimum atomic E-state index is -0.498. The lowest BCUT2D eigenvalue weighted by atomic mass is 9.91. The SMILES string of the molecule is CC(C)(C)OC(=O)N1[C@@H]2CC[C@H]1CC(C(=O)OCc1ccccc1)C2. The molecule has 5 heteroatoms. The number of carbonyl (C=O) groups is 2. The van der Waals surface area contributed by atoms with Crippen LogP contribution in [0.25, 0.3) is 0 Å². The zero-order chi connectivity index (χ0) is 18.0. The van der Waals surface area contributed by atoms with Gasteiger partial charge in [0.1, 0.15) is 12.2 Å². The van der Waals surface area contributed by atoms with Crippen LogP contribution in [0, 0.1) is 5.92 Å². The molecule has 1 unspecified atom stereocenters. The molecule has 1 amide bonds. The van der Waals surface area contributed by atoms with E-state index in [-0.39, 0.29) is 30.1 Å². The number of benzene rings is 1. The Morgan fingerprint density at radius 2 is 1.68 bits per heavy atom. The topological polar surface area (TPSA) is 55.8 Å². The van der Waals surface area contributed by atoms with Gasteiger partial charge in [-0.3, -0.25) is 4.79 Å². The molecule has 0 aromatic heterocycles. The van der Waals surface area contributed by atoms with E-state index in [9.17, 15) is 9.59 Å². The average molecular weight is 345 g/mol. The van der Waals surface area contributed by atoms with Gasteiger partial charge in [-0.2, -0.15) is 0 Å². The molecule has 2 aliphatic heterocycles. The Kier molecular flexibility index (Phi) is 5.02. The summed E-state index contributed by atoms with van der Waals surface area (Å²) in [7, 11) is 0. The van der Waals surface area contributed by atoms with Crippen LogP contribution in [0.5, 0.6) is 0 Å². The first-order chi connectivity index (χ1) is 11.8. The maximum atomic E-state index is 12.4. The molecule has 2 saturated heterocycles. The van der Waals surface area contributed by atoms with Crippen molar-refractivity contribution in [2.75, 3.05) is 0 Å². The zero-order valence-corrected chi connectivity index (χ0v) is 15.2. The smallest absolute Gasteiger partial charge is 0.410 e. The van der Waals surface area contributed by atoms with Gasteiger partial charge in [-0.05, 0) is 52.0 Å². The van der Waals surface area contributed by atoms with Crippen LogP contribution in [-0.4, -0.2) is 34.6 Å². The van der Waals surface area contributed by atoms with E-state index in [4.69, 9.17) is 9.47 Å². The summed E-state index contributed by atoms with van der Waals surface area (Å²) in [6, 6.07) is 9.87. The van der Waals surface area contributed by atoms with E-state index in [0.29, 0.717) is 19.4 Å². The van der Waals surface area contributed by atoms with E-state index < -0.39 is 5.60 Å². The minimum Gasteiger partial charge on any atom is -0.461 e. The Morgan fingerprint density at radius 3 is 2.24 bits per heavy atom. The van der Waals surface area contributed by atoms with E-state index >= 15 is 0 Å². The summed E-state index contributed by atoms with van der Waals surface area (Å²) in [4.78, 5) is 26.7. The summed E-state index contributed by atoms with van der Waals surface area (Å²) in [6.07, 6.45) is 2.96. The molecule has 5 nitrogen and oxygen atoms in total. The molecule has 0 N–H and O–H groups in total. The second-order valence-corrected chi connectivity index (χ2v) is 8.03. The first kappa shape index (κ1) is 17.8. The van der Waals surface area contributed by atoms with Gasteiger partial charge < -0.3 is 14.4 Å². The fourth-order valence-electron chi connectivity index (χ4n) is 3.83. The highest BCUT2D eigenvalue weighted by Gasteiger charge is 2.46. The molecule has 0 radical (unpaired) electrons. The van der Waals surface area contributed by atoms with Crippen LogP contribution < -0.4 is 0 Å². The average Bonchev–Trinajstić information content (AvgIpc) is 2.82. The Morgan fingerprint density at radius 1 is 1.08 bits per heavy atom. The molecule has 2 aliphatic rings. The molecule has 2 heterocycles. The first-order valence-corrected chi connectivity index (χ1v) is 9.05. The molecule has 2 bridgehead atoms. The summed E-state index contributed by atoms with van der Waals surface area (Å²) in [5.74, 6) is -0.274. The van der Waals surface area contributed by atoms with Gasteiger partial charge in [-0.25, -0.2) is 4.79 Å². The number of rotatable bonds is 3. The number of amides is 1. The summed E-state index contributed by atoms with van der Waals surface area (Å²) >= 11 is 0. The van der Waals surface area contributed by atoms with Crippen molar-refractivity contribution in [2.45, 2.75) is 70.7 Å². The van der Waals surface area contributed by atoms with Crippen LogP contribution in [0.2, 0.25) is 0 Å². The summed E-state index contributed by atoms with van der Waals surface area (Å²) < 4.78 is 11.0. The number of fused-ring (bicyclic) bond motifs is 2. The molecule has 1 aromatic carbocycles. The zero-order valence-electron chi connectivity index (χ0n) is 15.2. The van der Waals surface area contributed by atoms with Crippen molar-refractivity contribution in [3.05, 3.63) is 35.9 Å². The Labute approximate surface area is 149 Å². The number of ether oxygens (including phenoxy) is 2. The van der Waals surface area contributed by atoms with Crippen LogP contribution in [0.15, 0.2) is 30.3 Å². The number of esters is 1. The Balaban J connectivity index is 1.56. The quantitative estimate of drug-likeness (QED) is 0.780. The molecule has 0 spiro atoms. The molecule has 25 heavy (non-hydrogen) atoms. The predicted octanol–water partition coefficient (Wildman–Crippen LogP) is 3.91. The van der Waals surface area contributed by atoms with Crippen LogP contribution in [0.4, 0.5) is 4.79 Å². The predicted molar refractivity (Wildman–Crippen MR) is 93.8 cm³/mol. The fourth-order valence-corrected chi connectivity index (χ4v) is 3.83. The van der Waals surface area contributed by atoms with Gasteiger partial charge in [0.15, 0.2) is 0 Å². The van der Waals surface area contributed by atoms with Crippen molar-refractivity contribution < 1.29 is 19.1 Å². The third kappa shape index (κ3) is 4.33. The van der Waals surface area contributed by atoms with Crippen molar-refractivity contribution in [2.24, 2.45) is 5.92 Å². The van der Waals surface area contributed by atoms with E-state index in [1.165, 1.54) is 0 Å². The van der Waals surface area contributed by atoms with Gasteiger partial charge in [0.25, 0.3) is 0 Å². The Bertz CT molecular complexity index is 608. The molecule has 3 rings (SSSR count). The fraction of sp³-hybridized carbons (Fsp3) is 0.600. The monoisotopic (exact) mass is 345 g/mol. The molecule has 1 aromatic rings. The standard InChI is InChI=1S/C20H27NO4/c1-20(2,3)25-19(23)21-16-9-10-17(21)12-15(11-16)18(22)24-13-14-7-5-4-6-8-14/h4-8,15-17H,9-13H2,1-3H3/t15?,16-,17+. The van der Waals surface area contributed by atoms with Crippen molar-refractivity contribution in [1.82, 2.24) is 4.90 Å². The maximum absolute atomic E-state index is 12.4. The van der Waals surface area contributed by atoms with Crippen LogP contribution in [0.3, 0.4) is 0 Å². The molecular formula is C20H27NO4. The lowest BCUT2D eigenvalue weighted by Gasteiger charge is -2.38. The highest BCUT2D eigenvalue weighted by molar-refractivity contribution is 5.74. The highest BCUT2D eigenvalue weighted by atomic mass is 16.6. The van der Waals surface area contributed by atoms with E-state index in [1.54, 1.807) is 0 Å². The van der Waals surface area contributed by atoms with E-state index in [2.05, 4.69) is 0 Å². The summed E-state index contributed by atoms with van der Waals surface area (Å²) in [6.45, 7) is 5.93. The van der Waals surface area contributed by atoms with Crippen molar-refractivity contribution in [3.63, 3.8) is 0 Å². The number of piperidine rings is 1. The minimum absolute atomic E-state index is 0.0860. The lowest BCUT2D eigenvalue weighted by Crippen LogP contribution is -2.49. The van der Waals surface area contributed by atoms with E-state index in [0.717, 1.165) is 18.4 Å². The van der Waals surface area contributed by atoms with Crippen LogP contribution in [0.1, 0.15) is 52.0 Å². The summed E-state index contributed by atoms with van der Waals surface area (Å²) in [5, 5.41) is 0. The van der Waals surface area contributed by atoms with Crippen LogP contribution in [-0.2, 0) is 20.9 Å². The van der Waals surface area contributed by atoms with Gasteiger partial charge >= 0.3 is 12.1 Å². The second-order valence-electron chi connectivity index (χ2n) is 8.03. The molecule has 0 saturated carbocycles. The molecule has 3 atom stereocenters. The number of carbonyl (C=O) groups excluding carboxylic acids is 2. The summed E-state index contributed by atoms with van der Waals surface area (Å²) in [5.41, 5.74) is 0.493. The number of hydrogen-bond donors (Lipinski definition) is 0. The largest absolute Gasteiger partial charge is 0.461 e. The number of nitrogens with zero attached hydrogens (tertiary/aromatic N) is 1.